The second kappa shape index (κ2) is 7.99. The molecule has 0 spiro atoms. The number of nitrogens with zero attached hydrogens (tertiary/aromatic N) is 2. The molecule has 0 bridgehead atoms. The first kappa shape index (κ1) is 24.0. The molecule has 1 amide bonds. The van der Waals surface area contributed by atoms with Gasteiger partial charge in [-0.2, -0.15) is 0 Å². The Morgan fingerprint density at radius 3 is 2.29 bits per heavy atom. The third-order valence-electron chi connectivity index (χ3n) is 7.61. The van der Waals surface area contributed by atoms with Crippen molar-refractivity contribution in [3.63, 3.8) is 0 Å². The Bertz CT molecular complexity index is 1130. The number of fused-ring (bicyclic) bond motifs is 3. The van der Waals surface area contributed by atoms with Crippen molar-refractivity contribution in [2.45, 2.75) is 24.5 Å². The summed E-state index contributed by atoms with van der Waals surface area (Å²) in [4.78, 5) is 69.2. The number of nitrogens with two attached hydrogens (primary N) is 1. The summed E-state index contributed by atoms with van der Waals surface area (Å²) in [7, 11) is 8.25. The molecule has 34 heavy (non-hydrogen) atoms. The molecule has 0 saturated heterocycles. The van der Waals surface area contributed by atoms with Gasteiger partial charge in [0.1, 0.15) is 5.75 Å². The van der Waals surface area contributed by atoms with Crippen molar-refractivity contribution < 1.29 is 33.8 Å². The number of Topliss-reactive ketones (excluding diaryl/α,β-unsaturated/α-hetero) is 4. The van der Waals surface area contributed by atoms with E-state index in [1.165, 1.54) is 12.0 Å². The minimum Gasteiger partial charge on any atom is -0.496 e. The third-order valence-corrected chi connectivity index (χ3v) is 7.61. The van der Waals surface area contributed by atoms with E-state index >= 15 is 0 Å². The summed E-state index contributed by atoms with van der Waals surface area (Å²) in [5.41, 5.74) is 4.44. The predicted molar refractivity (Wildman–Crippen MR) is 121 cm³/mol. The van der Waals surface area contributed by atoms with Gasteiger partial charge in [0, 0.05) is 25.7 Å². The lowest BCUT2D eigenvalue weighted by molar-refractivity contribution is -0.181. The fourth-order valence-electron chi connectivity index (χ4n) is 6.16. The molecule has 0 radical (unpaired) electrons. The zero-order valence-electron chi connectivity index (χ0n) is 19.8. The molecule has 3 aliphatic rings. The molecule has 0 aromatic heterocycles. The quantitative estimate of drug-likeness (QED) is 0.541. The van der Waals surface area contributed by atoms with Gasteiger partial charge in [0.2, 0.25) is 5.91 Å². The summed E-state index contributed by atoms with van der Waals surface area (Å²) in [6.45, 7) is 0. The molecule has 10 nitrogen and oxygen atoms in total. The Labute approximate surface area is 197 Å². The molecule has 0 aliphatic heterocycles. The molecule has 1 aromatic rings. The number of amides is 1. The van der Waals surface area contributed by atoms with E-state index in [0.717, 1.165) is 11.3 Å². The van der Waals surface area contributed by atoms with Crippen LogP contribution in [-0.4, -0.2) is 86.0 Å². The summed E-state index contributed by atoms with van der Waals surface area (Å²) in [6.07, 6.45) is 0.407. The van der Waals surface area contributed by atoms with Gasteiger partial charge in [-0.1, -0.05) is 0 Å². The van der Waals surface area contributed by atoms with Gasteiger partial charge in [0.05, 0.1) is 24.6 Å². The van der Waals surface area contributed by atoms with Crippen molar-refractivity contribution in [2.24, 2.45) is 29.4 Å². The average Bonchev–Trinajstić information content (AvgIpc) is 2.74. The molecule has 3 aliphatic carbocycles. The number of rotatable bonds is 4. The van der Waals surface area contributed by atoms with Gasteiger partial charge in [0.25, 0.3) is 0 Å². The highest BCUT2D eigenvalue weighted by Gasteiger charge is 2.69. The number of likely N-dealkylation sites (N-methyl/N-ethyl adjacent to an activating group) is 1. The van der Waals surface area contributed by atoms with E-state index in [0.29, 0.717) is 12.2 Å². The summed E-state index contributed by atoms with van der Waals surface area (Å²) in [5.74, 6) is -9.28. The highest BCUT2D eigenvalue weighted by Crippen LogP contribution is 2.51. The third kappa shape index (κ3) is 3.05. The second-order valence-corrected chi connectivity index (χ2v) is 9.82. The van der Waals surface area contributed by atoms with Crippen LogP contribution in [0.2, 0.25) is 0 Å². The van der Waals surface area contributed by atoms with E-state index in [4.69, 9.17) is 10.5 Å². The zero-order valence-corrected chi connectivity index (χ0v) is 19.8. The van der Waals surface area contributed by atoms with Gasteiger partial charge < -0.3 is 20.5 Å². The van der Waals surface area contributed by atoms with Crippen molar-refractivity contribution in [1.29, 1.82) is 0 Å². The number of benzene rings is 1. The van der Waals surface area contributed by atoms with Crippen LogP contribution in [0, 0.1) is 23.7 Å². The number of anilines is 1. The van der Waals surface area contributed by atoms with E-state index < -0.39 is 64.4 Å². The summed E-state index contributed by atoms with van der Waals surface area (Å²) in [6, 6.07) is 2.40. The fourth-order valence-corrected chi connectivity index (χ4v) is 6.16. The normalized spacial score (nSPS) is 32.7. The van der Waals surface area contributed by atoms with Crippen LogP contribution in [0.15, 0.2) is 12.1 Å². The summed E-state index contributed by atoms with van der Waals surface area (Å²) in [5, 5.41) is 11.6. The number of ketones is 4. The Hall–Kier alpha value is -3.11. The first-order chi connectivity index (χ1) is 15.9. The van der Waals surface area contributed by atoms with Crippen LogP contribution in [0.3, 0.4) is 0 Å². The molecule has 0 heterocycles. The molecule has 2 fully saturated rings. The maximum atomic E-state index is 13.8. The fraction of sp³-hybridized carbons (Fsp3) is 0.542. The Morgan fingerprint density at radius 1 is 1.12 bits per heavy atom. The SMILES string of the molecule is COc1ccc(N(C)C)c2c1C(=O)C1C(=O)C3(O)C(=O)C(C(N)=O)C(=O)C(N(C)C)C3CC1C2. The van der Waals surface area contributed by atoms with E-state index in [1.54, 1.807) is 20.2 Å². The van der Waals surface area contributed by atoms with E-state index in [-0.39, 0.29) is 12.0 Å². The summed E-state index contributed by atoms with van der Waals surface area (Å²) < 4.78 is 5.40. The van der Waals surface area contributed by atoms with Crippen LogP contribution in [0.25, 0.3) is 0 Å². The maximum Gasteiger partial charge on any atom is 0.235 e. The highest BCUT2D eigenvalue weighted by molar-refractivity contribution is 6.32. The van der Waals surface area contributed by atoms with Crippen LogP contribution in [0.5, 0.6) is 5.75 Å². The molecule has 3 N–H and O–H groups in total. The lowest BCUT2D eigenvalue weighted by atomic mass is 9.52. The zero-order chi connectivity index (χ0) is 25.3. The molecular formula is C24H29N3O7. The van der Waals surface area contributed by atoms with Gasteiger partial charge in [-0.3, -0.25) is 28.9 Å². The lowest BCUT2D eigenvalue weighted by Crippen LogP contribution is -2.74. The monoisotopic (exact) mass is 471 g/mol. The van der Waals surface area contributed by atoms with Crippen molar-refractivity contribution in [3.05, 3.63) is 23.3 Å². The molecule has 6 atom stereocenters. The predicted octanol–water partition coefficient (Wildman–Crippen LogP) is -0.764. The van der Waals surface area contributed by atoms with Gasteiger partial charge in [-0.15, -0.1) is 0 Å². The Kier molecular flexibility index (Phi) is 5.64. The number of primary amides is 1. The lowest BCUT2D eigenvalue weighted by Gasteiger charge is -2.52. The number of hydrogen-bond donors (Lipinski definition) is 2. The second-order valence-electron chi connectivity index (χ2n) is 9.82. The number of ether oxygens (including phenoxy) is 1. The van der Waals surface area contributed by atoms with Gasteiger partial charge in [-0.25, -0.2) is 0 Å². The standard InChI is InChI=1S/C24H29N3O7/c1-26(2)13-6-7-14(34-5)16-11(13)8-10-9-12-18(27(3)4)20(29)17(23(25)32)22(31)24(12,33)21(30)15(10)19(16)28/h6-7,10,12,15,17-18,33H,8-9H2,1-5H3,(H2,25,32). The van der Waals surface area contributed by atoms with E-state index in [9.17, 15) is 29.1 Å². The minimum absolute atomic E-state index is 0.0774. The van der Waals surface area contributed by atoms with Crippen LogP contribution in [-0.2, 0) is 25.6 Å². The molecular weight excluding hydrogens is 442 g/mol. The molecule has 2 saturated carbocycles. The average molecular weight is 472 g/mol. The van der Waals surface area contributed by atoms with Crippen LogP contribution in [0.1, 0.15) is 22.3 Å². The number of aliphatic hydroxyl groups is 1. The number of carbonyl (C=O) groups excluding carboxylic acids is 5. The van der Waals surface area contributed by atoms with Crippen molar-refractivity contribution in [3.8, 4) is 5.75 Å². The van der Waals surface area contributed by atoms with E-state index in [2.05, 4.69) is 0 Å². The smallest absolute Gasteiger partial charge is 0.235 e. The minimum atomic E-state index is -2.66. The molecule has 6 unspecified atom stereocenters. The highest BCUT2D eigenvalue weighted by atomic mass is 16.5. The number of methoxy groups -OCH3 is 1. The summed E-state index contributed by atoms with van der Waals surface area (Å²) >= 11 is 0. The van der Waals surface area contributed by atoms with Gasteiger partial charge in [-0.05, 0) is 50.6 Å². The van der Waals surface area contributed by atoms with Crippen LogP contribution in [0.4, 0.5) is 5.69 Å². The van der Waals surface area contributed by atoms with Crippen LogP contribution < -0.4 is 15.4 Å². The van der Waals surface area contributed by atoms with Gasteiger partial charge in [0.15, 0.2) is 34.7 Å². The van der Waals surface area contributed by atoms with Crippen LogP contribution >= 0.6 is 0 Å². The Balaban J connectivity index is 1.90. The molecule has 4 rings (SSSR count). The van der Waals surface area contributed by atoms with Crippen molar-refractivity contribution in [1.82, 2.24) is 4.90 Å². The number of hydrogen-bond acceptors (Lipinski definition) is 9. The topological polar surface area (TPSA) is 147 Å². The molecule has 1 aromatic carbocycles. The Morgan fingerprint density at radius 2 is 1.76 bits per heavy atom. The van der Waals surface area contributed by atoms with Crippen molar-refractivity contribution >= 4 is 34.7 Å². The van der Waals surface area contributed by atoms with E-state index in [1.807, 2.05) is 25.1 Å². The maximum absolute atomic E-state index is 13.8. The van der Waals surface area contributed by atoms with Crippen molar-refractivity contribution in [2.75, 3.05) is 40.2 Å². The largest absolute Gasteiger partial charge is 0.496 e. The van der Waals surface area contributed by atoms with Gasteiger partial charge >= 0.3 is 0 Å². The molecule has 182 valence electrons. The first-order valence-corrected chi connectivity index (χ1v) is 11.1. The number of carbonyl (C=O) groups is 5. The molecule has 10 heteroatoms. The first-order valence-electron chi connectivity index (χ1n) is 11.1.